The molecule has 0 aliphatic heterocycles. The quantitative estimate of drug-likeness (QED) is 0.482. The van der Waals surface area contributed by atoms with Crippen molar-refractivity contribution in [3.63, 3.8) is 0 Å². The fourth-order valence-corrected chi connectivity index (χ4v) is 4.71. The van der Waals surface area contributed by atoms with Crippen LogP contribution in [0, 0.1) is 5.92 Å². The lowest BCUT2D eigenvalue weighted by Crippen LogP contribution is -2.18. The lowest BCUT2D eigenvalue weighted by molar-refractivity contribution is -0.122. The molecule has 0 N–H and O–H groups in total. The molecule has 0 aromatic carbocycles. The van der Waals surface area contributed by atoms with Gasteiger partial charge in [-0.1, -0.05) is 32.1 Å². The van der Waals surface area contributed by atoms with E-state index in [4.69, 9.17) is 4.18 Å². The maximum absolute atomic E-state index is 11.9. The Kier molecular flexibility index (Phi) is 6.68. The number of unbranched alkanes of at least 4 members (excludes halogenated alkanes) is 2. The highest BCUT2D eigenvalue weighted by molar-refractivity contribution is 7.86. The van der Waals surface area contributed by atoms with Crippen LogP contribution in [0.4, 0.5) is 0 Å². The van der Waals surface area contributed by atoms with E-state index in [1.807, 2.05) is 0 Å². The molecule has 0 saturated heterocycles. The van der Waals surface area contributed by atoms with E-state index >= 15 is 0 Å². The van der Waals surface area contributed by atoms with Gasteiger partial charge in [0.2, 0.25) is 0 Å². The van der Waals surface area contributed by atoms with E-state index in [9.17, 15) is 13.2 Å². The van der Waals surface area contributed by atoms with Crippen molar-refractivity contribution in [2.45, 2.75) is 83.2 Å². The summed E-state index contributed by atoms with van der Waals surface area (Å²) in [4.78, 5) is 11.9. The summed E-state index contributed by atoms with van der Waals surface area (Å²) in [6, 6.07) is 0. The molecule has 0 heterocycles. The van der Waals surface area contributed by atoms with Gasteiger partial charge >= 0.3 is 0 Å². The first-order valence-electron chi connectivity index (χ1n) is 8.50. The average Bonchev–Trinajstić information content (AvgIpc) is 3.09. The second kappa shape index (κ2) is 8.28. The monoisotopic (exact) mass is 316 g/mol. The zero-order valence-corrected chi connectivity index (χ0v) is 13.7. The summed E-state index contributed by atoms with van der Waals surface area (Å²) in [7, 11) is -3.37. The fraction of sp³-hybridized carbons (Fsp3) is 0.938. The molecule has 122 valence electrons. The van der Waals surface area contributed by atoms with Crippen LogP contribution in [0.1, 0.15) is 77.0 Å². The number of carbonyl (C=O) groups excluding carboxylic acids is 1. The molecule has 0 spiro atoms. The number of carbonyl (C=O) groups is 1. The molecule has 0 atom stereocenters. The van der Waals surface area contributed by atoms with Crippen LogP contribution in [0.25, 0.3) is 0 Å². The molecule has 0 amide bonds. The van der Waals surface area contributed by atoms with Gasteiger partial charge in [-0.15, -0.1) is 0 Å². The van der Waals surface area contributed by atoms with Gasteiger partial charge in [0.1, 0.15) is 5.78 Å². The van der Waals surface area contributed by atoms with Crippen LogP contribution in [-0.2, 0) is 19.1 Å². The van der Waals surface area contributed by atoms with Crippen LogP contribution in [0.3, 0.4) is 0 Å². The minimum absolute atomic E-state index is 0.0843. The van der Waals surface area contributed by atoms with Crippen molar-refractivity contribution in [2.75, 3.05) is 5.75 Å². The molecule has 0 radical (unpaired) electrons. The average molecular weight is 316 g/mol. The number of Topliss-reactive ketones (excluding diaryl/α,β-unsaturated/α-hetero) is 1. The minimum Gasteiger partial charge on any atom is -0.299 e. The maximum Gasteiger partial charge on any atom is 0.267 e. The number of hydrogen-bond acceptors (Lipinski definition) is 4. The third kappa shape index (κ3) is 6.07. The van der Waals surface area contributed by atoms with Gasteiger partial charge in [-0.25, -0.2) is 0 Å². The normalized spacial score (nSPS) is 21.1. The first kappa shape index (κ1) is 16.9. The lowest BCUT2D eigenvalue weighted by Gasteiger charge is -2.11. The maximum atomic E-state index is 11.9. The molecular weight excluding hydrogens is 288 g/mol. The van der Waals surface area contributed by atoms with Gasteiger partial charge in [-0.05, 0) is 38.5 Å². The summed E-state index contributed by atoms with van der Waals surface area (Å²) >= 11 is 0. The molecule has 5 heteroatoms. The molecule has 21 heavy (non-hydrogen) atoms. The molecule has 2 aliphatic rings. The van der Waals surface area contributed by atoms with Crippen LogP contribution in [0.2, 0.25) is 0 Å². The summed E-state index contributed by atoms with van der Waals surface area (Å²) in [6.45, 7) is 0. The molecule has 2 rings (SSSR count). The lowest BCUT2D eigenvalue weighted by atomic mass is 9.98. The van der Waals surface area contributed by atoms with Crippen LogP contribution in [-0.4, -0.2) is 26.1 Å². The topological polar surface area (TPSA) is 60.4 Å². The Labute approximate surface area is 128 Å². The van der Waals surface area contributed by atoms with Gasteiger partial charge in [0.25, 0.3) is 10.1 Å². The SMILES string of the molecule is O=C(CCCCCS(=O)(=O)OC1CCCC1)C1CCCC1. The Bertz CT molecular complexity index is 418. The van der Waals surface area contributed by atoms with Gasteiger partial charge < -0.3 is 0 Å². The van der Waals surface area contributed by atoms with E-state index < -0.39 is 10.1 Å². The molecule has 2 saturated carbocycles. The summed E-state index contributed by atoms with van der Waals surface area (Å²) < 4.78 is 28.8. The van der Waals surface area contributed by atoms with Gasteiger partial charge in [-0.3, -0.25) is 8.98 Å². The van der Waals surface area contributed by atoms with E-state index in [1.54, 1.807) is 0 Å². The van der Waals surface area contributed by atoms with Crippen molar-refractivity contribution in [3.8, 4) is 0 Å². The third-order valence-electron chi connectivity index (χ3n) is 4.71. The highest BCUT2D eigenvalue weighted by Gasteiger charge is 2.23. The smallest absolute Gasteiger partial charge is 0.267 e. The Morgan fingerprint density at radius 1 is 0.905 bits per heavy atom. The summed E-state index contributed by atoms with van der Waals surface area (Å²) in [6.07, 6.45) is 11.1. The Morgan fingerprint density at radius 3 is 2.19 bits per heavy atom. The van der Waals surface area contributed by atoms with Gasteiger partial charge in [0, 0.05) is 12.3 Å². The van der Waals surface area contributed by atoms with E-state index in [1.165, 1.54) is 12.8 Å². The second-order valence-corrected chi connectivity index (χ2v) is 8.24. The van der Waals surface area contributed by atoms with Gasteiger partial charge in [0.05, 0.1) is 11.9 Å². The van der Waals surface area contributed by atoms with Crippen molar-refractivity contribution >= 4 is 15.9 Å². The molecule has 4 nitrogen and oxygen atoms in total. The highest BCUT2D eigenvalue weighted by Crippen LogP contribution is 2.27. The molecule has 0 bridgehead atoms. The predicted molar refractivity (Wildman–Crippen MR) is 82.6 cm³/mol. The number of rotatable bonds is 9. The van der Waals surface area contributed by atoms with E-state index in [0.29, 0.717) is 24.5 Å². The van der Waals surface area contributed by atoms with Crippen LogP contribution >= 0.6 is 0 Å². The fourth-order valence-electron chi connectivity index (χ4n) is 3.45. The van der Waals surface area contributed by atoms with Crippen molar-refractivity contribution in [2.24, 2.45) is 5.92 Å². The first-order chi connectivity index (χ1) is 10.1. The zero-order chi connectivity index (χ0) is 15.1. The zero-order valence-electron chi connectivity index (χ0n) is 12.9. The van der Waals surface area contributed by atoms with Crippen molar-refractivity contribution < 1.29 is 17.4 Å². The van der Waals surface area contributed by atoms with Crippen LogP contribution < -0.4 is 0 Å². The summed E-state index contributed by atoms with van der Waals surface area (Å²) in [5.74, 6) is 0.776. The molecular formula is C16H28O4S. The Hall–Kier alpha value is -0.420. The predicted octanol–water partition coefficient (Wildman–Crippen LogP) is 3.60. The molecule has 2 fully saturated rings. The number of hydrogen-bond donors (Lipinski definition) is 0. The van der Waals surface area contributed by atoms with Crippen molar-refractivity contribution in [1.82, 2.24) is 0 Å². The van der Waals surface area contributed by atoms with Gasteiger partial charge in [0.15, 0.2) is 0 Å². The second-order valence-electron chi connectivity index (χ2n) is 6.52. The van der Waals surface area contributed by atoms with E-state index in [2.05, 4.69) is 0 Å². The largest absolute Gasteiger partial charge is 0.299 e. The molecule has 0 unspecified atom stereocenters. The first-order valence-corrected chi connectivity index (χ1v) is 10.1. The molecule has 0 aromatic rings. The molecule has 2 aliphatic carbocycles. The highest BCUT2D eigenvalue weighted by atomic mass is 32.2. The van der Waals surface area contributed by atoms with Crippen LogP contribution in [0.5, 0.6) is 0 Å². The van der Waals surface area contributed by atoms with E-state index in [-0.39, 0.29) is 11.9 Å². The van der Waals surface area contributed by atoms with Crippen molar-refractivity contribution in [3.05, 3.63) is 0 Å². The summed E-state index contributed by atoms with van der Waals surface area (Å²) in [5, 5.41) is 0. The number of ketones is 1. The van der Waals surface area contributed by atoms with E-state index in [0.717, 1.165) is 51.4 Å². The van der Waals surface area contributed by atoms with Gasteiger partial charge in [-0.2, -0.15) is 8.42 Å². The standard InChI is InChI=1S/C16H28O4S/c17-16(14-8-3-4-9-14)12-2-1-7-13-21(18,19)20-15-10-5-6-11-15/h14-15H,1-13H2. The Morgan fingerprint density at radius 2 is 1.52 bits per heavy atom. The Balaban J connectivity index is 1.55. The van der Waals surface area contributed by atoms with Crippen molar-refractivity contribution in [1.29, 1.82) is 0 Å². The minimum atomic E-state index is -3.37. The third-order valence-corrected chi connectivity index (χ3v) is 6.07. The summed E-state index contributed by atoms with van der Waals surface area (Å²) in [5.41, 5.74) is 0. The molecule has 0 aromatic heterocycles. The van der Waals surface area contributed by atoms with Crippen LogP contribution in [0.15, 0.2) is 0 Å².